The predicted octanol–water partition coefficient (Wildman–Crippen LogP) is 2.01. The zero-order chi connectivity index (χ0) is 5.15. The minimum atomic E-state index is 0.505. The van der Waals surface area contributed by atoms with Gasteiger partial charge in [-0.15, -0.1) is 12.6 Å². The second kappa shape index (κ2) is 3.29. The predicted molar refractivity (Wildman–Crippen MR) is 48.2 cm³/mol. The Morgan fingerprint density at radius 3 is 1.67 bits per heavy atom. The Hall–Kier alpha value is 1.26. The van der Waals surface area contributed by atoms with Crippen molar-refractivity contribution in [2.24, 2.45) is 0 Å². The summed E-state index contributed by atoms with van der Waals surface area (Å²) in [6.07, 6.45) is 0. The van der Waals surface area contributed by atoms with Crippen LogP contribution in [0, 0.1) is 0 Å². The van der Waals surface area contributed by atoms with Gasteiger partial charge in [-0.25, -0.2) is 0 Å². The summed E-state index contributed by atoms with van der Waals surface area (Å²) in [5.74, 6) is 0. The summed E-state index contributed by atoms with van der Waals surface area (Å²) in [7, 11) is 0. The normalized spacial score (nSPS) is 7.67. The molecule has 0 aromatic carbocycles. The molecule has 0 aromatic heterocycles. The molecule has 0 spiro atoms. The fourth-order valence-electron chi connectivity index (χ4n) is 0. The van der Waals surface area contributed by atoms with Gasteiger partial charge in [0, 0.05) is 0 Å². The van der Waals surface area contributed by atoms with Gasteiger partial charge in [-0.05, 0) is 22.6 Å². The molecular weight excluding hydrogens is 247 g/mol. The Labute approximate surface area is 66.2 Å². The first kappa shape index (κ1) is 7.26. The molecule has 0 aliphatic carbocycles. The summed E-state index contributed by atoms with van der Waals surface area (Å²) in [6.45, 7) is 0. The summed E-state index contributed by atoms with van der Waals surface area (Å²) < 4.78 is 1.16. The SMILES string of the molecule is S=C(S)C(=S)I. The molecule has 0 bridgehead atoms. The van der Waals surface area contributed by atoms with E-state index in [0.29, 0.717) is 7.07 Å². The molecule has 0 radical (unpaired) electrons. The summed E-state index contributed by atoms with van der Waals surface area (Å²) in [5.41, 5.74) is 0. The van der Waals surface area contributed by atoms with Crippen LogP contribution in [-0.2, 0) is 0 Å². The zero-order valence-corrected chi connectivity index (χ0v) is 7.33. The molecule has 0 fully saturated rings. The number of rotatable bonds is 1. The molecule has 0 rings (SSSR count). The van der Waals surface area contributed by atoms with Gasteiger partial charge in [0.05, 0.1) is 4.20 Å². The Morgan fingerprint density at radius 2 is 1.67 bits per heavy atom. The molecule has 0 unspecified atom stereocenters. The van der Waals surface area contributed by atoms with Crippen LogP contribution in [-0.4, -0.2) is 7.07 Å². The summed E-state index contributed by atoms with van der Waals surface area (Å²) in [6, 6.07) is 0. The van der Waals surface area contributed by atoms with Gasteiger partial charge in [-0.2, -0.15) is 0 Å². The molecule has 0 amide bonds. The standard InChI is InChI=1S/C2HIS3/c3-1(4)2(5)6/h(H,5,6). The molecule has 0 saturated heterocycles. The monoisotopic (exact) mass is 248 g/mol. The van der Waals surface area contributed by atoms with Crippen LogP contribution in [0.5, 0.6) is 0 Å². The van der Waals surface area contributed by atoms with E-state index in [9.17, 15) is 0 Å². The van der Waals surface area contributed by atoms with Crippen LogP contribution in [0.4, 0.5) is 0 Å². The van der Waals surface area contributed by atoms with Crippen LogP contribution in [0.25, 0.3) is 0 Å². The number of thiol groups is 1. The summed E-state index contributed by atoms with van der Waals surface area (Å²) >= 11 is 14.8. The molecule has 0 saturated carbocycles. The van der Waals surface area contributed by atoms with E-state index in [-0.39, 0.29) is 0 Å². The lowest BCUT2D eigenvalue weighted by atomic mass is 11.0. The minimum Gasteiger partial charge on any atom is -0.130 e. The van der Waals surface area contributed by atoms with E-state index in [1.54, 1.807) is 0 Å². The van der Waals surface area contributed by atoms with Crippen molar-refractivity contribution in [1.82, 2.24) is 0 Å². The number of hydrogen-bond acceptors (Lipinski definition) is 2. The molecule has 0 aliphatic rings. The van der Waals surface area contributed by atoms with Crippen molar-refractivity contribution in [3.63, 3.8) is 0 Å². The quantitative estimate of drug-likeness (QED) is 0.326. The van der Waals surface area contributed by atoms with Gasteiger partial charge >= 0.3 is 0 Å². The molecule has 0 nitrogen and oxygen atoms in total. The van der Waals surface area contributed by atoms with Crippen LogP contribution in [0.1, 0.15) is 0 Å². The fourth-order valence-corrected chi connectivity index (χ4v) is 0. The number of hydrogen-bond donors (Lipinski definition) is 1. The lowest BCUT2D eigenvalue weighted by molar-refractivity contribution is 3.70. The lowest BCUT2D eigenvalue weighted by Crippen LogP contribution is -1.86. The molecule has 6 heavy (non-hydrogen) atoms. The Bertz CT molecular complexity index is 74.8. The van der Waals surface area contributed by atoms with Crippen LogP contribution < -0.4 is 0 Å². The van der Waals surface area contributed by atoms with Crippen molar-refractivity contribution in [2.45, 2.75) is 0 Å². The first-order valence-corrected chi connectivity index (χ1v) is 3.41. The average Bonchev–Trinajstić information content (AvgIpc) is 1.36. The van der Waals surface area contributed by atoms with Gasteiger partial charge in [-0.3, -0.25) is 0 Å². The van der Waals surface area contributed by atoms with E-state index in [4.69, 9.17) is 0 Å². The maximum Gasteiger partial charge on any atom is 0.100 e. The van der Waals surface area contributed by atoms with Crippen molar-refractivity contribution in [2.75, 3.05) is 0 Å². The topological polar surface area (TPSA) is 0 Å². The molecule has 0 aliphatic heterocycles. The second-order valence-electron chi connectivity index (χ2n) is 0.579. The minimum absolute atomic E-state index is 0.505. The molecule has 0 heterocycles. The highest BCUT2D eigenvalue weighted by atomic mass is 127. The average molecular weight is 248 g/mol. The zero-order valence-electron chi connectivity index (χ0n) is 2.64. The van der Waals surface area contributed by atoms with Crippen LogP contribution in [0.3, 0.4) is 0 Å². The van der Waals surface area contributed by atoms with E-state index in [1.165, 1.54) is 0 Å². The van der Waals surface area contributed by atoms with Crippen molar-refractivity contribution in [1.29, 1.82) is 0 Å². The highest BCUT2D eigenvalue weighted by Crippen LogP contribution is 1.96. The lowest BCUT2D eigenvalue weighted by Gasteiger charge is -1.78. The Balaban J connectivity index is 3.57. The second-order valence-corrected chi connectivity index (χ2v) is 3.96. The van der Waals surface area contributed by atoms with Crippen molar-refractivity contribution in [3.8, 4) is 0 Å². The summed E-state index contributed by atoms with van der Waals surface area (Å²) in [5, 5.41) is 0. The van der Waals surface area contributed by atoms with Gasteiger partial charge in [0.25, 0.3) is 0 Å². The maximum absolute atomic E-state index is 4.59. The number of thiocarbonyl (C=S) groups is 2. The first-order chi connectivity index (χ1) is 2.64. The maximum atomic E-state index is 4.59. The molecule has 0 atom stereocenters. The third-order valence-corrected chi connectivity index (χ3v) is 2.41. The third kappa shape index (κ3) is 3.45. The van der Waals surface area contributed by atoms with Crippen LogP contribution in [0.2, 0.25) is 0 Å². The van der Waals surface area contributed by atoms with Crippen LogP contribution in [0.15, 0.2) is 0 Å². The van der Waals surface area contributed by atoms with E-state index in [2.05, 4.69) is 37.1 Å². The summed E-state index contributed by atoms with van der Waals surface area (Å²) in [4.78, 5) is 0. The molecule has 4 heteroatoms. The Kier molecular flexibility index (Phi) is 3.98. The molecule has 34 valence electrons. The molecule has 0 N–H and O–H groups in total. The Morgan fingerprint density at radius 1 is 1.50 bits per heavy atom. The fraction of sp³-hybridized carbons (Fsp3) is 0. The highest BCUT2D eigenvalue weighted by molar-refractivity contribution is 14.1. The smallest absolute Gasteiger partial charge is 0.100 e. The third-order valence-electron chi connectivity index (χ3n) is 0.168. The van der Waals surface area contributed by atoms with E-state index in [1.807, 2.05) is 22.6 Å². The van der Waals surface area contributed by atoms with E-state index < -0.39 is 0 Å². The van der Waals surface area contributed by atoms with Gasteiger partial charge < -0.3 is 0 Å². The highest BCUT2D eigenvalue weighted by Gasteiger charge is 1.87. The largest absolute Gasteiger partial charge is 0.130 e. The molecule has 0 aromatic rings. The van der Waals surface area contributed by atoms with E-state index in [0.717, 1.165) is 0 Å². The molecular formula is C2HIS3. The van der Waals surface area contributed by atoms with E-state index >= 15 is 0 Å². The van der Waals surface area contributed by atoms with Crippen molar-refractivity contribution >= 4 is 66.7 Å². The van der Waals surface area contributed by atoms with Gasteiger partial charge in [0.1, 0.15) is 2.87 Å². The number of halogens is 1. The van der Waals surface area contributed by atoms with Gasteiger partial charge in [0.15, 0.2) is 0 Å². The van der Waals surface area contributed by atoms with Gasteiger partial charge in [0.2, 0.25) is 0 Å². The first-order valence-electron chi connectivity index (χ1n) is 1.07. The van der Waals surface area contributed by atoms with Gasteiger partial charge in [-0.1, -0.05) is 24.4 Å². The van der Waals surface area contributed by atoms with Crippen molar-refractivity contribution in [3.05, 3.63) is 0 Å². The van der Waals surface area contributed by atoms with Crippen molar-refractivity contribution < 1.29 is 0 Å². The van der Waals surface area contributed by atoms with Crippen LogP contribution >= 0.6 is 59.7 Å².